The van der Waals surface area contributed by atoms with Crippen molar-refractivity contribution in [2.75, 3.05) is 13.3 Å². The zero-order valence-corrected chi connectivity index (χ0v) is 18.9. The summed E-state index contributed by atoms with van der Waals surface area (Å²) in [6.45, 7) is 7.23. The summed E-state index contributed by atoms with van der Waals surface area (Å²) in [5.41, 5.74) is 2.45. The highest BCUT2D eigenvalue weighted by Gasteiger charge is 2.13. The molecule has 0 fully saturated rings. The second-order valence-corrected chi connectivity index (χ2v) is 11.0. The van der Waals surface area contributed by atoms with Gasteiger partial charge in [0, 0.05) is 0 Å². The average molecular weight is 377 g/mol. The largest absolute Gasteiger partial charge is 0.110 e. The number of unbranched alkanes of at least 4 members (excludes halogenated alkanes) is 12. The van der Waals surface area contributed by atoms with Crippen LogP contribution in [0.2, 0.25) is 0 Å². The molecule has 0 nitrogen and oxygen atoms in total. The molecule has 1 aromatic rings. The van der Waals surface area contributed by atoms with E-state index in [4.69, 9.17) is 0 Å². The topological polar surface area (TPSA) is 0 Å². The van der Waals surface area contributed by atoms with Crippen molar-refractivity contribution in [3.05, 3.63) is 35.9 Å². The van der Waals surface area contributed by atoms with Crippen LogP contribution < -0.4 is 0 Å². The van der Waals surface area contributed by atoms with Crippen molar-refractivity contribution in [3.63, 3.8) is 0 Å². The van der Waals surface area contributed by atoms with Crippen LogP contribution in [0.4, 0.5) is 0 Å². The summed E-state index contributed by atoms with van der Waals surface area (Å²) in [5.74, 6) is 0. The maximum Gasteiger partial charge on any atom is -0.0174 e. The Hall–Kier alpha value is -0.350. The molecule has 0 saturated heterocycles. The predicted octanol–water partition coefficient (Wildman–Crippen LogP) is 8.82. The Morgan fingerprint density at radius 1 is 0.654 bits per heavy atom. The zero-order valence-electron chi connectivity index (χ0n) is 18.0. The Morgan fingerprint density at radius 2 is 1.12 bits per heavy atom. The summed E-state index contributed by atoms with van der Waals surface area (Å²) < 4.78 is 0. The van der Waals surface area contributed by atoms with Gasteiger partial charge in [-0.3, -0.25) is 0 Å². The van der Waals surface area contributed by atoms with Crippen LogP contribution in [-0.4, -0.2) is 19.0 Å². The van der Waals surface area contributed by atoms with Gasteiger partial charge in [0.2, 0.25) is 0 Å². The van der Waals surface area contributed by atoms with E-state index in [-0.39, 0.29) is 7.92 Å². The van der Waals surface area contributed by atoms with Crippen LogP contribution in [0.1, 0.15) is 102 Å². The molecule has 1 atom stereocenters. The number of hydrogen-bond donors (Lipinski definition) is 0. The van der Waals surface area contributed by atoms with Crippen molar-refractivity contribution in [1.82, 2.24) is 0 Å². The predicted molar refractivity (Wildman–Crippen MR) is 123 cm³/mol. The molecule has 0 N–H and O–H groups in total. The highest BCUT2D eigenvalue weighted by molar-refractivity contribution is 7.56. The second-order valence-electron chi connectivity index (χ2n) is 8.34. The van der Waals surface area contributed by atoms with E-state index >= 15 is 0 Å². The Bertz CT molecular complexity index is 398. The van der Waals surface area contributed by atoms with Gasteiger partial charge in [-0.05, 0) is 37.4 Å². The van der Waals surface area contributed by atoms with Gasteiger partial charge in [0.25, 0.3) is 0 Å². The summed E-state index contributed by atoms with van der Waals surface area (Å²) in [5, 5.41) is 0. The fourth-order valence-electron chi connectivity index (χ4n) is 3.83. The van der Waals surface area contributed by atoms with E-state index in [2.05, 4.69) is 50.6 Å². The molecule has 0 bridgehead atoms. The third-order valence-corrected chi connectivity index (χ3v) is 7.59. The van der Waals surface area contributed by atoms with Gasteiger partial charge >= 0.3 is 0 Å². The lowest BCUT2D eigenvalue weighted by Gasteiger charge is -2.21. The molecule has 0 radical (unpaired) electrons. The minimum Gasteiger partial charge on any atom is -0.110 e. The van der Waals surface area contributed by atoms with Crippen LogP contribution in [-0.2, 0) is 6.42 Å². The fraction of sp³-hybridized carbons (Fsp3) is 0.760. The van der Waals surface area contributed by atoms with E-state index in [1.165, 1.54) is 102 Å². The summed E-state index contributed by atoms with van der Waals surface area (Å²) in [6, 6.07) is 11.1. The SMILES string of the molecule is CCCCCCCCCCCCCCCC(Cc1ccccc1)P(C)C. The van der Waals surface area contributed by atoms with Gasteiger partial charge in [0.05, 0.1) is 0 Å². The Labute approximate surface area is 166 Å². The minimum absolute atomic E-state index is 0.172. The van der Waals surface area contributed by atoms with Crippen molar-refractivity contribution in [2.45, 2.75) is 109 Å². The molecule has 0 saturated carbocycles. The first-order chi connectivity index (χ1) is 12.7. The average Bonchev–Trinajstić information content (AvgIpc) is 2.65. The quantitative estimate of drug-likeness (QED) is 0.188. The standard InChI is InChI=1S/C25H45P/c1-4-5-6-7-8-9-10-11-12-13-14-15-19-22-25(26(2)3)23-24-20-17-16-18-21-24/h16-18,20-21,25H,4-15,19,22-23H2,1-3H3. The first-order valence-electron chi connectivity index (χ1n) is 11.4. The third-order valence-electron chi connectivity index (χ3n) is 5.69. The Morgan fingerprint density at radius 3 is 1.58 bits per heavy atom. The van der Waals surface area contributed by atoms with E-state index in [1.54, 1.807) is 0 Å². The molecule has 1 heteroatoms. The van der Waals surface area contributed by atoms with E-state index < -0.39 is 0 Å². The molecule has 1 rings (SSSR count). The van der Waals surface area contributed by atoms with E-state index in [0.29, 0.717) is 0 Å². The number of benzene rings is 1. The molecule has 1 unspecified atom stereocenters. The molecule has 0 aliphatic rings. The van der Waals surface area contributed by atoms with Crippen molar-refractivity contribution in [3.8, 4) is 0 Å². The normalized spacial score (nSPS) is 12.6. The zero-order chi connectivity index (χ0) is 18.9. The summed E-state index contributed by atoms with van der Waals surface area (Å²) in [6.07, 6.45) is 21.6. The minimum atomic E-state index is 0.172. The van der Waals surface area contributed by atoms with Gasteiger partial charge in [0.1, 0.15) is 0 Å². The number of hydrogen-bond acceptors (Lipinski definition) is 0. The van der Waals surface area contributed by atoms with Crippen molar-refractivity contribution in [2.24, 2.45) is 0 Å². The van der Waals surface area contributed by atoms with Gasteiger partial charge in [0.15, 0.2) is 0 Å². The second kappa shape index (κ2) is 16.8. The van der Waals surface area contributed by atoms with Gasteiger partial charge in [-0.25, -0.2) is 0 Å². The van der Waals surface area contributed by atoms with Crippen LogP contribution in [0.5, 0.6) is 0 Å². The molecule has 0 aliphatic carbocycles. The number of rotatable bonds is 17. The molecule has 150 valence electrons. The third kappa shape index (κ3) is 12.9. The van der Waals surface area contributed by atoms with Crippen LogP contribution in [0, 0.1) is 0 Å². The van der Waals surface area contributed by atoms with Crippen LogP contribution in [0.3, 0.4) is 0 Å². The Balaban J connectivity index is 1.95. The lowest BCUT2D eigenvalue weighted by molar-refractivity contribution is 0.533. The maximum atomic E-state index is 2.46. The highest BCUT2D eigenvalue weighted by Crippen LogP contribution is 2.37. The molecular formula is C25H45P. The maximum absolute atomic E-state index is 2.46. The van der Waals surface area contributed by atoms with Crippen molar-refractivity contribution < 1.29 is 0 Å². The van der Waals surface area contributed by atoms with Crippen LogP contribution >= 0.6 is 7.92 Å². The Kier molecular flexibility index (Phi) is 15.3. The molecule has 0 spiro atoms. The lowest BCUT2D eigenvalue weighted by atomic mass is 10.0. The first kappa shape index (κ1) is 23.7. The summed E-state index contributed by atoms with van der Waals surface area (Å²) >= 11 is 0. The lowest BCUT2D eigenvalue weighted by Crippen LogP contribution is -2.09. The molecule has 26 heavy (non-hydrogen) atoms. The van der Waals surface area contributed by atoms with Crippen molar-refractivity contribution >= 4 is 7.92 Å². The monoisotopic (exact) mass is 376 g/mol. The highest BCUT2D eigenvalue weighted by atomic mass is 31.1. The van der Waals surface area contributed by atoms with Gasteiger partial charge in [-0.1, -0.05) is 121 Å². The van der Waals surface area contributed by atoms with Crippen LogP contribution in [0.15, 0.2) is 30.3 Å². The fourth-order valence-corrected chi connectivity index (χ4v) is 5.10. The van der Waals surface area contributed by atoms with Gasteiger partial charge < -0.3 is 0 Å². The van der Waals surface area contributed by atoms with Crippen molar-refractivity contribution in [1.29, 1.82) is 0 Å². The summed E-state index contributed by atoms with van der Waals surface area (Å²) in [4.78, 5) is 0. The summed E-state index contributed by atoms with van der Waals surface area (Å²) in [7, 11) is 0.172. The molecule has 0 amide bonds. The van der Waals surface area contributed by atoms with Gasteiger partial charge in [-0.15, -0.1) is 7.92 Å². The molecule has 0 aromatic heterocycles. The van der Waals surface area contributed by atoms with E-state index in [9.17, 15) is 0 Å². The van der Waals surface area contributed by atoms with E-state index in [1.807, 2.05) is 0 Å². The molecule has 1 aromatic carbocycles. The molecule has 0 aliphatic heterocycles. The van der Waals surface area contributed by atoms with Crippen LogP contribution in [0.25, 0.3) is 0 Å². The van der Waals surface area contributed by atoms with Gasteiger partial charge in [-0.2, -0.15) is 0 Å². The molecule has 0 heterocycles. The molecular weight excluding hydrogens is 331 g/mol. The first-order valence-corrected chi connectivity index (χ1v) is 13.7. The smallest absolute Gasteiger partial charge is 0.0174 e. The van der Waals surface area contributed by atoms with E-state index in [0.717, 1.165) is 5.66 Å².